The number of carbonyl (C=O) groups is 1. The van der Waals surface area contributed by atoms with E-state index < -0.39 is 5.60 Å². The van der Waals surface area contributed by atoms with Crippen molar-refractivity contribution >= 4 is 5.91 Å². The number of hydrogen-bond acceptors (Lipinski definition) is 4. The fourth-order valence-corrected chi connectivity index (χ4v) is 3.64. The SMILES string of the molecule is COC1(C(=O)N2CCC(OCc3ccccc3)CC2)CCNCC1. The lowest BCUT2D eigenvalue weighted by Crippen LogP contribution is -2.57. The van der Waals surface area contributed by atoms with Crippen molar-refractivity contribution in [1.29, 1.82) is 0 Å². The molecule has 0 spiro atoms. The molecule has 2 fully saturated rings. The van der Waals surface area contributed by atoms with Gasteiger partial charge in [0.25, 0.3) is 5.91 Å². The molecule has 2 aliphatic heterocycles. The van der Waals surface area contributed by atoms with Gasteiger partial charge in [0.2, 0.25) is 0 Å². The third kappa shape index (κ3) is 3.97. The smallest absolute Gasteiger partial charge is 0.254 e. The van der Waals surface area contributed by atoms with Crippen LogP contribution in [0.3, 0.4) is 0 Å². The second kappa shape index (κ2) is 8.10. The van der Waals surface area contributed by atoms with Crippen LogP contribution in [0.15, 0.2) is 30.3 Å². The topological polar surface area (TPSA) is 50.8 Å². The first-order valence-electron chi connectivity index (χ1n) is 8.94. The highest BCUT2D eigenvalue weighted by Gasteiger charge is 2.43. The lowest BCUT2D eigenvalue weighted by atomic mass is 9.89. The van der Waals surface area contributed by atoms with Crippen molar-refractivity contribution in [3.63, 3.8) is 0 Å². The molecule has 1 aromatic carbocycles. The lowest BCUT2D eigenvalue weighted by Gasteiger charge is -2.41. The Morgan fingerprint density at radius 1 is 1.21 bits per heavy atom. The largest absolute Gasteiger partial charge is 0.373 e. The third-order valence-corrected chi connectivity index (χ3v) is 5.25. The highest BCUT2D eigenvalue weighted by Crippen LogP contribution is 2.27. The van der Waals surface area contributed by atoms with Gasteiger partial charge in [-0.05, 0) is 44.3 Å². The van der Waals surface area contributed by atoms with Crippen LogP contribution < -0.4 is 5.32 Å². The first-order valence-corrected chi connectivity index (χ1v) is 8.94. The van der Waals surface area contributed by atoms with E-state index in [1.807, 2.05) is 23.1 Å². The van der Waals surface area contributed by atoms with Crippen molar-refractivity contribution in [2.24, 2.45) is 0 Å². The van der Waals surface area contributed by atoms with Crippen molar-refractivity contribution in [3.8, 4) is 0 Å². The van der Waals surface area contributed by atoms with Crippen LogP contribution in [0.2, 0.25) is 0 Å². The van der Waals surface area contributed by atoms with Crippen molar-refractivity contribution in [2.75, 3.05) is 33.3 Å². The molecule has 1 N–H and O–H groups in total. The Morgan fingerprint density at radius 3 is 2.50 bits per heavy atom. The van der Waals surface area contributed by atoms with E-state index in [1.165, 1.54) is 5.56 Å². The van der Waals surface area contributed by atoms with Gasteiger partial charge < -0.3 is 19.7 Å². The van der Waals surface area contributed by atoms with Crippen LogP contribution in [0.1, 0.15) is 31.2 Å². The van der Waals surface area contributed by atoms with E-state index in [2.05, 4.69) is 17.4 Å². The molecular weight excluding hydrogens is 304 g/mol. The normalized spacial score (nSPS) is 21.6. The number of carbonyl (C=O) groups excluding carboxylic acids is 1. The molecule has 2 saturated heterocycles. The average Bonchev–Trinajstić information content (AvgIpc) is 2.67. The monoisotopic (exact) mass is 332 g/mol. The summed E-state index contributed by atoms with van der Waals surface area (Å²) in [5, 5.41) is 3.30. The minimum absolute atomic E-state index is 0.160. The summed E-state index contributed by atoms with van der Waals surface area (Å²) in [5.41, 5.74) is 0.576. The van der Waals surface area contributed by atoms with E-state index in [9.17, 15) is 4.79 Å². The maximum absolute atomic E-state index is 12.9. The number of nitrogens with zero attached hydrogens (tertiary/aromatic N) is 1. The Bertz CT molecular complexity index is 521. The van der Waals surface area contributed by atoms with E-state index in [0.717, 1.165) is 51.9 Å². The minimum Gasteiger partial charge on any atom is -0.373 e. The number of rotatable bonds is 5. The van der Waals surface area contributed by atoms with Gasteiger partial charge in [0.1, 0.15) is 5.60 Å². The number of likely N-dealkylation sites (tertiary alicyclic amines) is 1. The summed E-state index contributed by atoms with van der Waals surface area (Å²) in [6, 6.07) is 10.2. The van der Waals surface area contributed by atoms with Gasteiger partial charge in [-0.2, -0.15) is 0 Å². The number of nitrogens with one attached hydrogen (secondary N) is 1. The molecule has 0 aliphatic carbocycles. The Kier molecular flexibility index (Phi) is 5.87. The molecule has 0 aromatic heterocycles. The number of benzene rings is 1. The quantitative estimate of drug-likeness (QED) is 0.896. The number of methoxy groups -OCH3 is 1. The van der Waals surface area contributed by atoms with Crippen molar-refractivity contribution in [2.45, 2.75) is 44.0 Å². The number of ether oxygens (including phenoxy) is 2. The van der Waals surface area contributed by atoms with Gasteiger partial charge in [0.15, 0.2) is 0 Å². The van der Waals surface area contributed by atoms with E-state index in [4.69, 9.17) is 9.47 Å². The summed E-state index contributed by atoms with van der Waals surface area (Å²) >= 11 is 0. The molecule has 0 bridgehead atoms. The number of amides is 1. The zero-order valence-electron chi connectivity index (χ0n) is 14.5. The summed E-state index contributed by atoms with van der Waals surface area (Å²) in [7, 11) is 1.67. The summed E-state index contributed by atoms with van der Waals surface area (Å²) in [6.45, 7) is 3.85. The van der Waals surface area contributed by atoms with Gasteiger partial charge >= 0.3 is 0 Å². The van der Waals surface area contributed by atoms with Crippen LogP contribution in [0.5, 0.6) is 0 Å². The summed E-state index contributed by atoms with van der Waals surface area (Å²) in [4.78, 5) is 14.9. The molecule has 0 atom stereocenters. The van der Waals surface area contributed by atoms with Gasteiger partial charge in [0.05, 0.1) is 12.7 Å². The lowest BCUT2D eigenvalue weighted by molar-refractivity contribution is -0.161. The molecule has 2 heterocycles. The second-order valence-electron chi connectivity index (χ2n) is 6.74. The number of hydrogen-bond donors (Lipinski definition) is 1. The van der Waals surface area contributed by atoms with E-state index in [1.54, 1.807) is 7.11 Å². The third-order valence-electron chi connectivity index (χ3n) is 5.25. The van der Waals surface area contributed by atoms with Crippen LogP contribution in [-0.4, -0.2) is 55.8 Å². The molecule has 1 amide bonds. The van der Waals surface area contributed by atoms with E-state index in [0.29, 0.717) is 6.61 Å². The van der Waals surface area contributed by atoms with Gasteiger partial charge in [-0.15, -0.1) is 0 Å². The fraction of sp³-hybridized carbons (Fsp3) is 0.632. The maximum atomic E-state index is 12.9. The molecule has 24 heavy (non-hydrogen) atoms. The Balaban J connectivity index is 1.48. The molecule has 3 rings (SSSR count). The molecule has 0 saturated carbocycles. The van der Waals surface area contributed by atoms with Crippen LogP contribution in [0.25, 0.3) is 0 Å². The number of piperidine rings is 2. The Labute approximate surface area is 144 Å². The predicted molar refractivity (Wildman–Crippen MR) is 92.7 cm³/mol. The zero-order valence-corrected chi connectivity index (χ0v) is 14.5. The molecule has 1 aromatic rings. The standard InChI is InChI=1S/C19H28N2O3/c1-23-19(9-11-20-12-10-19)18(22)21-13-7-17(8-14-21)24-15-16-5-3-2-4-6-16/h2-6,17,20H,7-15H2,1H3. The Hall–Kier alpha value is -1.43. The second-order valence-corrected chi connectivity index (χ2v) is 6.74. The molecule has 2 aliphatic rings. The molecule has 5 nitrogen and oxygen atoms in total. The van der Waals surface area contributed by atoms with Crippen LogP contribution >= 0.6 is 0 Å². The Morgan fingerprint density at radius 2 is 1.88 bits per heavy atom. The van der Waals surface area contributed by atoms with E-state index in [-0.39, 0.29) is 12.0 Å². The first-order chi connectivity index (χ1) is 11.7. The summed E-state index contributed by atoms with van der Waals surface area (Å²) < 4.78 is 11.7. The van der Waals surface area contributed by atoms with Crippen molar-refractivity contribution < 1.29 is 14.3 Å². The zero-order chi connectivity index (χ0) is 16.8. The van der Waals surface area contributed by atoms with Gasteiger partial charge in [-0.1, -0.05) is 30.3 Å². The van der Waals surface area contributed by atoms with Gasteiger partial charge in [-0.3, -0.25) is 4.79 Å². The van der Waals surface area contributed by atoms with Crippen LogP contribution in [-0.2, 0) is 20.9 Å². The molecule has 5 heteroatoms. The van der Waals surface area contributed by atoms with Gasteiger partial charge in [0, 0.05) is 20.2 Å². The molecule has 132 valence electrons. The molecular formula is C19H28N2O3. The highest BCUT2D eigenvalue weighted by atomic mass is 16.5. The van der Waals surface area contributed by atoms with Crippen molar-refractivity contribution in [3.05, 3.63) is 35.9 Å². The van der Waals surface area contributed by atoms with Crippen LogP contribution in [0, 0.1) is 0 Å². The molecule has 0 radical (unpaired) electrons. The van der Waals surface area contributed by atoms with Crippen LogP contribution in [0.4, 0.5) is 0 Å². The first kappa shape index (κ1) is 17.4. The highest BCUT2D eigenvalue weighted by molar-refractivity contribution is 5.85. The van der Waals surface area contributed by atoms with Crippen molar-refractivity contribution in [1.82, 2.24) is 10.2 Å². The fourth-order valence-electron chi connectivity index (χ4n) is 3.64. The average molecular weight is 332 g/mol. The van der Waals surface area contributed by atoms with Gasteiger partial charge in [-0.25, -0.2) is 0 Å². The summed E-state index contributed by atoms with van der Waals surface area (Å²) in [6.07, 6.45) is 3.55. The molecule has 0 unspecified atom stereocenters. The maximum Gasteiger partial charge on any atom is 0.254 e. The van der Waals surface area contributed by atoms with E-state index >= 15 is 0 Å². The summed E-state index contributed by atoms with van der Waals surface area (Å²) in [5.74, 6) is 0.160. The minimum atomic E-state index is -0.622. The predicted octanol–water partition coefficient (Wildman–Crippen LogP) is 1.96.